The van der Waals surface area contributed by atoms with E-state index in [2.05, 4.69) is 4.99 Å². The summed E-state index contributed by atoms with van der Waals surface area (Å²) in [6, 6.07) is 7.39. The predicted octanol–water partition coefficient (Wildman–Crippen LogP) is 0.976. The van der Waals surface area contributed by atoms with Gasteiger partial charge in [-0.15, -0.1) is 10.1 Å². The van der Waals surface area contributed by atoms with Crippen LogP contribution in [0.3, 0.4) is 0 Å². The second-order valence-corrected chi connectivity index (χ2v) is 2.05. The molecule has 0 aliphatic rings. The molecule has 0 spiro atoms. The molecule has 0 aliphatic heterocycles. The van der Waals surface area contributed by atoms with Gasteiger partial charge >= 0.3 is 6.03 Å². The molecule has 1 aromatic rings. The van der Waals surface area contributed by atoms with Crippen LogP contribution in [-0.2, 0) is 4.99 Å². The number of para-hydroxylation sites is 1. The van der Waals surface area contributed by atoms with Crippen LogP contribution < -0.4 is 10.8 Å². The number of amides is 2. The van der Waals surface area contributed by atoms with E-state index >= 15 is 0 Å². The van der Waals surface area contributed by atoms with Crippen LogP contribution in [0.1, 0.15) is 0 Å². The van der Waals surface area contributed by atoms with Gasteiger partial charge in [0, 0.05) is 0 Å². The van der Waals surface area contributed by atoms with E-state index in [4.69, 9.17) is 11.0 Å². The minimum Gasteiger partial charge on any atom is -0.349 e. The molecule has 0 saturated heterocycles. The number of hydroxylamine groups is 1. The van der Waals surface area contributed by atoms with Crippen molar-refractivity contribution in [2.75, 3.05) is 5.06 Å². The van der Waals surface area contributed by atoms with E-state index < -0.39 is 6.03 Å². The van der Waals surface area contributed by atoms with Crippen LogP contribution in [0.2, 0.25) is 0 Å². The fourth-order valence-electron chi connectivity index (χ4n) is 0.778. The third kappa shape index (κ3) is 1.71. The van der Waals surface area contributed by atoms with Crippen molar-refractivity contribution in [2.45, 2.75) is 0 Å². The van der Waals surface area contributed by atoms with E-state index in [0.29, 0.717) is 10.8 Å². The minimum absolute atomic E-state index is 0.368. The number of nitrogens with zero attached hydrogens (tertiary/aromatic N) is 1. The molecular weight excluding hydrogens is 160 g/mol. The molecule has 0 radical (unpaired) electrons. The maximum absolute atomic E-state index is 10.6. The topological polar surface area (TPSA) is 75.8 Å². The third-order valence-corrected chi connectivity index (χ3v) is 1.27. The molecule has 0 aromatic heterocycles. The number of carbonyl (C=O) groups excluding carboxylic acids is 1. The summed E-state index contributed by atoms with van der Waals surface area (Å²) >= 11 is 0. The Morgan fingerprint density at radius 3 is 2.42 bits per heavy atom. The molecule has 0 aliphatic carbocycles. The number of anilines is 1. The Hall–Kier alpha value is -1.59. The van der Waals surface area contributed by atoms with Crippen molar-refractivity contribution in [3.05, 3.63) is 30.3 Å². The van der Waals surface area contributed by atoms with Gasteiger partial charge in [0.2, 0.25) is 0 Å². The first-order chi connectivity index (χ1) is 5.75. The summed E-state index contributed by atoms with van der Waals surface area (Å²) in [4.78, 5) is 14.4. The highest BCUT2D eigenvalue weighted by Gasteiger charge is 2.11. The molecule has 0 atom stereocenters. The zero-order valence-corrected chi connectivity index (χ0v) is 6.18. The fraction of sp³-hybridized carbons (Fsp3) is 0. The number of hydrogen-bond acceptors (Lipinski definition) is 3. The predicted molar refractivity (Wildman–Crippen MR) is 42.2 cm³/mol. The van der Waals surface area contributed by atoms with Crippen molar-refractivity contribution in [1.82, 2.24) is 0 Å². The smallest absolute Gasteiger partial charge is 0.345 e. The first kappa shape index (κ1) is 8.51. The number of primary amides is 1. The van der Waals surface area contributed by atoms with Gasteiger partial charge in [0.05, 0.1) is 5.69 Å². The van der Waals surface area contributed by atoms with E-state index in [-0.39, 0.29) is 0 Å². The lowest BCUT2D eigenvalue weighted by molar-refractivity contribution is -0.243. The van der Waals surface area contributed by atoms with E-state index in [0.717, 1.165) is 0 Å². The Morgan fingerprint density at radius 1 is 1.42 bits per heavy atom. The van der Waals surface area contributed by atoms with Gasteiger partial charge in [-0.1, -0.05) is 18.2 Å². The monoisotopic (exact) mass is 168 g/mol. The number of urea groups is 1. The number of rotatable bonds is 2. The average molecular weight is 168 g/mol. The number of hydrogen-bond donors (Lipinski definition) is 2. The molecule has 0 unspecified atom stereocenters. The van der Waals surface area contributed by atoms with Gasteiger partial charge in [0.1, 0.15) is 0 Å². The molecule has 5 heteroatoms. The largest absolute Gasteiger partial charge is 0.349 e. The number of benzene rings is 1. The molecule has 0 bridgehead atoms. The van der Waals surface area contributed by atoms with Gasteiger partial charge < -0.3 is 5.73 Å². The van der Waals surface area contributed by atoms with Gasteiger partial charge in [-0.05, 0) is 12.1 Å². The van der Waals surface area contributed by atoms with E-state index in [1.54, 1.807) is 30.3 Å². The van der Waals surface area contributed by atoms with Gasteiger partial charge in [-0.3, -0.25) is 0 Å². The molecule has 0 heterocycles. The SMILES string of the molecule is NC(=O)N(OO)c1ccccc1. The van der Waals surface area contributed by atoms with Crippen molar-refractivity contribution in [1.29, 1.82) is 0 Å². The summed E-state index contributed by atoms with van der Waals surface area (Å²) in [5, 5.41) is 8.84. The molecule has 64 valence electrons. The van der Waals surface area contributed by atoms with Crippen LogP contribution >= 0.6 is 0 Å². The van der Waals surface area contributed by atoms with Crippen LogP contribution in [0, 0.1) is 0 Å². The van der Waals surface area contributed by atoms with Gasteiger partial charge in [-0.2, -0.15) is 0 Å². The summed E-state index contributed by atoms with van der Waals surface area (Å²) in [7, 11) is 0. The number of carbonyl (C=O) groups is 1. The lowest BCUT2D eigenvalue weighted by Gasteiger charge is -2.13. The summed E-state index contributed by atoms with van der Waals surface area (Å²) in [5.74, 6) is 0. The van der Waals surface area contributed by atoms with Crippen LogP contribution in [0.25, 0.3) is 0 Å². The van der Waals surface area contributed by atoms with Crippen molar-refractivity contribution >= 4 is 11.7 Å². The second kappa shape index (κ2) is 3.70. The van der Waals surface area contributed by atoms with Crippen LogP contribution in [0.4, 0.5) is 10.5 Å². The first-order valence-corrected chi connectivity index (χ1v) is 3.22. The minimum atomic E-state index is -0.885. The van der Waals surface area contributed by atoms with Crippen LogP contribution in [0.15, 0.2) is 30.3 Å². The van der Waals surface area contributed by atoms with Crippen molar-refractivity contribution in [3.63, 3.8) is 0 Å². The third-order valence-electron chi connectivity index (χ3n) is 1.27. The Balaban J connectivity index is 2.88. The van der Waals surface area contributed by atoms with Crippen molar-refractivity contribution < 1.29 is 15.0 Å². The molecule has 0 fully saturated rings. The van der Waals surface area contributed by atoms with Crippen LogP contribution in [-0.4, -0.2) is 11.3 Å². The highest BCUT2D eigenvalue weighted by atomic mass is 17.2. The van der Waals surface area contributed by atoms with Gasteiger partial charge in [0.25, 0.3) is 0 Å². The highest BCUT2D eigenvalue weighted by Crippen LogP contribution is 2.11. The summed E-state index contributed by atoms with van der Waals surface area (Å²) in [5.41, 5.74) is 5.25. The summed E-state index contributed by atoms with van der Waals surface area (Å²) in [6.45, 7) is 0. The summed E-state index contributed by atoms with van der Waals surface area (Å²) in [6.07, 6.45) is 0. The average Bonchev–Trinajstić information content (AvgIpc) is 2.07. The van der Waals surface area contributed by atoms with E-state index in [1.807, 2.05) is 0 Å². The quantitative estimate of drug-likeness (QED) is 0.510. The molecule has 3 N–H and O–H groups in total. The van der Waals surface area contributed by atoms with Gasteiger partial charge in [-0.25, -0.2) is 10.1 Å². The zero-order chi connectivity index (χ0) is 8.97. The lowest BCUT2D eigenvalue weighted by atomic mass is 10.3. The van der Waals surface area contributed by atoms with Crippen molar-refractivity contribution in [3.8, 4) is 0 Å². The Morgan fingerprint density at radius 2 is 2.00 bits per heavy atom. The molecule has 5 nitrogen and oxygen atoms in total. The standard InChI is InChI=1S/C7H8N2O3/c8-7(10)9(12-11)6-4-2-1-3-5-6/h1-5,11H,(H2,8,10). The van der Waals surface area contributed by atoms with Crippen molar-refractivity contribution in [2.24, 2.45) is 5.73 Å². The summed E-state index contributed by atoms with van der Waals surface area (Å²) < 4.78 is 0. The first-order valence-electron chi connectivity index (χ1n) is 3.22. The Kier molecular flexibility index (Phi) is 2.62. The number of nitrogens with two attached hydrogens (primary N) is 1. The Bertz CT molecular complexity index is 263. The molecule has 1 aromatic carbocycles. The maximum Gasteiger partial charge on any atom is 0.345 e. The lowest BCUT2D eigenvalue weighted by Crippen LogP contribution is -2.34. The van der Waals surface area contributed by atoms with Crippen LogP contribution in [0.5, 0.6) is 0 Å². The maximum atomic E-state index is 10.6. The molecular formula is C7H8N2O3. The molecule has 1 rings (SSSR count). The molecule has 0 saturated carbocycles. The Labute approximate surface area is 68.8 Å². The molecule has 12 heavy (non-hydrogen) atoms. The fourth-order valence-corrected chi connectivity index (χ4v) is 0.778. The van der Waals surface area contributed by atoms with E-state index in [1.165, 1.54) is 0 Å². The second-order valence-electron chi connectivity index (χ2n) is 2.05. The van der Waals surface area contributed by atoms with E-state index in [9.17, 15) is 4.79 Å². The van der Waals surface area contributed by atoms with Gasteiger partial charge in [0.15, 0.2) is 0 Å². The molecule has 2 amide bonds. The highest BCUT2D eigenvalue weighted by molar-refractivity contribution is 5.88. The normalized spacial score (nSPS) is 9.42. The zero-order valence-electron chi connectivity index (χ0n) is 6.18.